The molecule has 2 heterocycles. The van der Waals surface area contributed by atoms with Crippen molar-refractivity contribution >= 4 is 33.6 Å². The number of benzene rings is 2. The Morgan fingerprint density at radius 3 is 2.58 bits per heavy atom. The molecule has 3 aromatic rings. The Morgan fingerprint density at radius 2 is 1.83 bits per heavy atom. The number of fused-ring (bicyclic) bond motifs is 1. The summed E-state index contributed by atoms with van der Waals surface area (Å²) in [5, 5.41) is 0.859. The summed E-state index contributed by atoms with van der Waals surface area (Å²) < 4.78 is 1.74. The number of para-hydroxylation sites is 1. The van der Waals surface area contributed by atoms with Crippen LogP contribution >= 0.6 is 11.8 Å². The average Bonchev–Trinajstić information content (AvgIpc) is 3.13. The maximum absolute atomic E-state index is 11.7. The molecule has 2 aromatic carbocycles. The fourth-order valence-corrected chi connectivity index (χ4v) is 3.86. The molecule has 4 nitrogen and oxygen atoms in total. The van der Waals surface area contributed by atoms with E-state index in [0.717, 1.165) is 34.0 Å². The fraction of sp³-hybridized carbons (Fsp3) is 0.158. The highest BCUT2D eigenvalue weighted by atomic mass is 32.2. The van der Waals surface area contributed by atoms with Gasteiger partial charge in [0.15, 0.2) is 16.6 Å². The van der Waals surface area contributed by atoms with Crippen LogP contribution in [0.3, 0.4) is 0 Å². The van der Waals surface area contributed by atoms with E-state index in [4.69, 9.17) is 4.84 Å². The van der Waals surface area contributed by atoms with Crippen molar-refractivity contribution in [3.05, 3.63) is 66.4 Å². The van der Waals surface area contributed by atoms with Crippen LogP contribution in [0.25, 0.3) is 10.9 Å². The molecule has 0 N–H and O–H groups in total. The maximum atomic E-state index is 11.7. The summed E-state index contributed by atoms with van der Waals surface area (Å²) in [5.41, 5.74) is 2.04. The van der Waals surface area contributed by atoms with E-state index in [0.29, 0.717) is 6.42 Å². The van der Waals surface area contributed by atoms with Crippen LogP contribution in [0.4, 0.5) is 0 Å². The molecule has 0 spiro atoms. The minimum atomic E-state index is -0.238. The molecule has 24 heavy (non-hydrogen) atoms. The predicted octanol–water partition coefficient (Wildman–Crippen LogP) is 3.63. The lowest BCUT2D eigenvalue weighted by molar-refractivity contribution is -0.121. The van der Waals surface area contributed by atoms with Crippen LogP contribution in [-0.4, -0.2) is 20.9 Å². The van der Waals surface area contributed by atoms with Crippen molar-refractivity contribution in [3.63, 3.8) is 0 Å². The van der Waals surface area contributed by atoms with Gasteiger partial charge in [0.05, 0.1) is 17.2 Å². The van der Waals surface area contributed by atoms with Gasteiger partial charge in [0.1, 0.15) is 0 Å². The van der Waals surface area contributed by atoms with Crippen LogP contribution in [0, 0.1) is 0 Å². The SMILES string of the molecule is O=C1CC(=O)C(Cc2ccc(On3ccc4ccccc43)cc2)S1. The van der Waals surface area contributed by atoms with Gasteiger partial charge in [-0.1, -0.05) is 42.1 Å². The van der Waals surface area contributed by atoms with Crippen molar-refractivity contribution in [2.24, 2.45) is 0 Å². The summed E-state index contributed by atoms with van der Waals surface area (Å²) in [5.74, 6) is 0.755. The van der Waals surface area contributed by atoms with E-state index in [2.05, 4.69) is 0 Å². The van der Waals surface area contributed by atoms with Crippen molar-refractivity contribution < 1.29 is 14.4 Å². The molecule has 1 aromatic heterocycles. The summed E-state index contributed by atoms with van der Waals surface area (Å²) in [4.78, 5) is 28.9. The Labute approximate surface area is 143 Å². The highest BCUT2D eigenvalue weighted by Gasteiger charge is 2.31. The van der Waals surface area contributed by atoms with Crippen molar-refractivity contribution in [1.82, 2.24) is 4.73 Å². The van der Waals surface area contributed by atoms with Gasteiger partial charge in [-0.3, -0.25) is 9.59 Å². The van der Waals surface area contributed by atoms with Crippen LogP contribution in [0.5, 0.6) is 5.75 Å². The standard InChI is InChI=1S/C19H15NO3S/c21-17-12-19(22)24-18(17)11-13-5-7-15(8-6-13)23-20-10-9-14-3-1-2-4-16(14)20/h1-10,18H,11-12H2. The quantitative estimate of drug-likeness (QED) is 0.682. The Bertz CT molecular complexity index is 914. The fourth-order valence-electron chi connectivity index (χ4n) is 2.83. The smallest absolute Gasteiger partial charge is 0.197 e. The van der Waals surface area contributed by atoms with Crippen LogP contribution < -0.4 is 4.84 Å². The molecule has 0 amide bonds. The lowest BCUT2D eigenvalue weighted by Crippen LogP contribution is -2.13. The van der Waals surface area contributed by atoms with Gasteiger partial charge in [0.25, 0.3) is 0 Å². The Kier molecular flexibility index (Phi) is 3.86. The first-order valence-electron chi connectivity index (χ1n) is 7.74. The second kappa shape index (κ2) is 6.17. The molecule has 4 rings (SSSR count). The number of thioether (sulfide) groups is 1. The third-order valence-corrected chi connectivity index (χ3v) is 5.18. The topological polar surface area (TPSA) is 48.3 Å². The first-order valence-corrected chi connectivity index (χ1v) is 8.62. The zero-order valence-corrected chi connectivity index (χ0v) is 13.7. The van der Waals surface area contributed by atoms with Crippen molar-refractivity contribution in [2.45, 2.75) is 18.1 Å². The molecule has 120 valence electrons. The molecular weight excluding hydrogens is 322 g/mol. The zero-order chi connectivity index (χ0) is 16.5. The highest BCUT2D eigenvalue weighted by molar-refractivity contribution is 8.15. The van der Waals surface area contributed by atoms with Gasteiger partial charge in [0.2, 0.25) is 0 Å². The van der Waals surface area contributed by atoms with E-state index in [1.165, 1.54) is 0 Å². The van der Waals surface area contributed by atoms with Gasteiger partial charge >= 0.3 is 0 Å². The molecule has 0 radical (unpaired) electrons. The normalized spacial score (nSPS) is 17.6. The van der Waals surface area contributed by atoms with Crippen LogP contribution in [0.15, 0.2) is 60.8 Å². The van der Waals surface area contributed by atoms with Gasteiger partial charge in [-0.25, -0.2) is 0 Å². The summed E-state index contributed by atoms with van der Waals surface area (Å²) in [7, 11) is 0. The number of carbonyl (C=O) groups excluding carboxylic acids is 2. The molecule has 1 fully saturated rings. The highest BCUT2D eigenvalue weighted by Crippen LogP contribution is 2.28. The van der Waals surface area contributed by atoms with Crippen molar-refractivity contribution in [2.75, 3.05) is 0 Å². The monoisotopic (exact) mass is 337 g/mol. The number of hydrogen-bond acceptors (Lipinski definition) is 4. The molecule has 1 aliphatic heterocycles. The number of carbonyl (C=O) groups is 2. The number of aromatic nitrogens is 1. The van der Waals surface area contributed by atoms with E-state index in [-0.39, 0.29) is 22.6 Å². The van der Waals surface area contributed by atoms with Crippen molar-refractivity contribution in [3.8, 4) is 5.75 Å². The predicted molar refractivity (Wildman–Crippen MR) is 94.1 cm³/mol. The maximum Gasteiger partial charge on any atom is 0.197 e. The second-order valence-corrected chi connectivity index (χ2v) is 7.02. The molecule has 1 unspecified atom stereocenters. The molecule has 1 aliphatic rings. The van der Waals surface area contributed by atoms with Crippen LogP contribution in [-0.2, 0) is 16.0 Å². The minimum absolute atomic E-state index is 0.0237. The number of Topliss-reactive ketones (excluding diaryl/α,β-unsaturated/α-hetero) is 1. The summed E-state index contributed by atoms with van der Waals surface area (Å²) >= 11 is 1.15. The summed E-state index contributed by atoms with van der Waals surface area (Å²) in [6, 6.07) is 17.7. The zero-order valence-electron chi connectivity index (χ0n) is 12.8. The van der Waals surface area contributed by atoms with E-state index < -0.39 is 0 Å². The summed E-state index contributed by atoms with van der Waals surface area (Å²) in [6.07, 6.45) is 2.54. The van der Waals surface area contributed by atoms with Gasteiger partial charge in [-0.2, -0.15) is 4.73 Å². The van der Waals surface area contributed by atoms with Gasteiger partial charge in [0, 0.05) is 11.6 Å². The summed E-state index contributed by atoms with van der Waals surface area (Å²) in [6.45, 7) is 0. The van der Waals surface area contributed by atoms with Gasteiger partial charge < -0.3 is 4.84 Å². The molecule has 1 atom stereocenters. The lowest BCUT2D eigenvalue weighted by atomic mass is 10.1. The van der Waals surface area contributed by atoms with Crippen LogP contribution in [0.2, 0.25) is 0 Å². The van der Waals surface area contributed by atoms with E-state index >= 15 is 0 Å². The Hall–Kier alpha value is -2.53. The second-order valence-electron chi connectivity index (χ2n) is 5.76. The number of rotatable bonds is 4. The third kappa shape index (κ3) is 2.95. The number of ketones is 1. The van der Waals surface area contributed by atoms with E-state index in [9.17, 15) is 9.59 Å². The molecule has 0 aliphatic carbocycles. The minimum Gasteiger partial charge on any atom is -0.375 e. The Balaban J connectivity index is 1.48. The molecule has 0 bridgehead atoms. The molecule has 0 saturated carbocycles. The lowest BCUT2D eigenvalue weighted by Gasteiger charge is -2.10. The third-order valence-electron chi connectivity index (χ3n) is 4.06. The van der Waals surface area contributed by atoms with Crippen LogP contribution in [0.1, 0.15) is 12.0 Å². The van der Waals surface area contributed by atoms with Crippen molar-refractivity contribution in [1.29, 1.82) is 0 Å². The Morgan fingerprint density at radius 1 is 1.04 bits per heavy atom. The first-order chi connectivity index (χ1) is 11.7. The number of hydrogen-bond donors (Lipinski definition) is 0. The van der Waals surface area contributed by atoms with E-state index in [1.807, 2.05) is 60.8 Å². The first kappa shape index (κ1) is 15.0. The molecule has 1 saturated heterocycles. The largest absolute Gasteiger partial charge is 0.375 e. The van der Waals surface area contributed by atoms with E-state index in [1.54, 1.807) is 4.73 Å². The molecule has 5 heteroatoms. The number of nitrogens with zero attached hydrogens (tertiary/aromatic N) is 1. The van der Waals surface area contributed by atoms with Gasteiger partial charge in [-0.15, -0.1) is 0 Å². The molecular formula is C19H15NO3S. The average molecular weight is 337 g/mol. The van der Waals surface area contributed by atoms with Gasteiger partial charge in [-0.05, 0) is 36.2 Å².